The molecule has 1 aliphatic rings. The first-order chi connectivity index (χ1) is 11.0. The van der Waals surface area contributed by atoms with Crippen LogP contribution < -0.4 is 0 Å². The van der Waals surface area contributed by atoms with Gasteiger partial charge in [0.15, 0.2) is 0 Å². The highest BCUT2D eigenvalue weighted by atomic mass is 35.5. The largest absolute Gasteiger partial charge is 0.481 e. The summed E-state index contributed by atoms with van der Waals surface area (Å²) in [5.41, 5.74) is 1.08. The maximum Gasteiger partial charge on any atom is 0.303 e. The van der Waals surface area contributed by atoms with Crippen LogP contribution in [0.4, 0.5) is 0 Å². The first-order valence-electron chi connectivity index (χ1n) is 7.89. The van der Waals surface area contributed by atoms with E-state index in [0.717, 1.165) is 31.2 Å². The number of rotatable bonds is 6. The second-order valence-corrected chi connectivity index (χ2v) is 6.84. The number of amides is 1. The molecule has 1 amide bonds. The van der Waals surface area contributed by atoms with E-state index in [9.17, 15) is 9.59 Å². The molecule has 1 fully saturated rings. The van der Waals surface area contributed by atoms with E-state index in [1.54, 1.807) is 6.07 Å². The fourth-order valence-corrected chi connectivity index (χ4v) is 3.25. The van der Waals surface area contributed by atoms with Gasteiger partial charge in [0.25, 0.3) is 0 Å². The van der Waals surface area contributed by atoms with Gasteiger partial charge in [0.2, 0.25) is 5.91 Å². The molecule has 0 unspecified atom stereocenters. The van der Waals surface area contributed by atoms with Gasteiger partial charge in [-0.3, -0.25) is 9.59 Å². The Morgan fingerprint density at radius 3 is 2.48 bits per heavy atom. The number of carbonyl (C=O) groups excluding carboxylic acids is 1. The Kier molecular flexibility index (Phi) is 6.72. The lowest BCUT2D eigenvalue weighted by molar-refractivity contribution is -0.138. The summed E-state index contributed by atoms with van der Waals surface area (Å²) in [4.78, 5) is 24.8. The van der Waals surface area contributed by atoms with Crippen molar-refractivity contribution in [2.24, 2.45) is 5.92 Å². The molecule has 4 nitrogen and oxygen atoms in total. The molecule has 1 N–H and O–H groups in total. The molecule has 1 aliphatic heterocycles. The maximum absolute atomic E-state index is 12.2. The Labute approximate surface area is 146 Å². The monoisotopic (exact) mass is 357 g/mol. The van der Waals surface area contributed by atoms with Crippen LogP contribution in [-0.2, 0) is 16.0 Å². The van der Waals surface area contributed by atoms with Gasteiger partial charge in [0, 0.05) is 25.9 Å². The van der Waals surface area contributed by atoms with E-state index < -0.39 is 5.97 Å². The van der Waals surface area contributed by atoms with Gasteiger partial charge < -0.3 is 10.0 Å². The number of piperidine rings is 1. The predicted octanol–water partition coefficient (Wildman–Crippen LogP) is 4.03. The van der Waals surface area contributed by atoms with Gasteiger partial charge in [0.05, 0.1) is 10.0 Å². The summed E-state index contributed by atoms with van der Waals surface area (Å²) in [5, 5.41) is 9.88. The van der Waals surface area contributed by atoms with Crippen molar-refractivity contribution in [3.63, 3.8) is 0 Å². The highest BCUT2D eigenvalue weighted by molar-refractivity contribution is 6.42. The summed E-state index contributed by atoms with van der Waals surface area (Å²) in [6, 6.07) is 5.54. The molecule has 0 bridgehead atoms. The Balaban J connectivity index is 1.71. The first-order valence-corrected chi connectivity index (χ1v) is 8.65. The van der Waals surface area contributed by atoms with Crippen LogP contribution in [0.15, 0.2) is 18.2 Å². The zero-order valence-corrected chi connectivity index (χ0v) is 14.4. The van der Waals surface area contributed by atoms with Crippen LogP contribution in [0.2, 0.25) is 10.0 Å². The van der Waals surface area contributed by atoms with Gasteiger partial charge in [-0.05, 0) is 49.3 Å². The lowest BCUT2D eigenvalue weighted by Crippen LogP contribution is -2.38. The summed E-state index contributed by atoms with van der Waals surface area (Å²) in [7, 11) is 0. The van der Waals surface area contributed by atoms with Crippen LogP contribution in [0.25, 0.3) is 0 Å². The summed E-state index contributed by atoms with van der Waals surface area (Å²) in [6.07, 6.45) is 3.84. The van der Waals surface area contributed by atoms with Gasteiger partial charge in [-0.15, -0.1) is 0 Å². The van der Waals surface area contributed by atoms with Crippen LogP contribution in [0.1, 0.15) is 37.7 Å². The second-order valence-electron chi connectivity index (χ2n) is 6.02. The lowest BCUT2D eigenvalue weighted by Gasteiger charge is -2.31. The molecule has 0 saturated carbocycles. The van der Waals surface area contributed by atoms with E-state index in [0.29, 0.717) is 29.6 Å². The molecule has 6 heteroatoms. The van der Waals surface area contributed by atoms with Crippen LogP contribution in [0.3, 0.4) is 0 Å². The van der Waals surface area contributed by atoms with Crippen molar-refractivity contribution in [2.45, 2.75) is 38.5 Å². The molecule has 1 aromatic rings. The second kappa shape index (κ2) is 8.55. The molecule has 23 heavy (non-hydrogen) atoms. The Hall–Kier alpha value is -1.26. The van der Waals surface area contributed by atoms with E-state index in [4.69, 9.17) is 28.3 Å². The number of halogens is 2. The average molecular weight is 358 g/mol. The average Bonchev–Trinajstić information content (AvgIpc) is 2.51. The molecule has 126 valence electrons. The quantitative estimate of drug-likeness (QED) is 0.835. The fourth-order valence-electron chi connectivity index (χ4n) is 2.93. The minimum absolute atomic E-state index is 0.152. The van der Waals surface area contributed by atoms with E-state index in [1.807, 2.05) is 17.0 Å². The molecular formula is C17H21Cl2NO3. The van der Waals surface area contributed by atoms with Crippen molar-refractivity contribution in [1.82, 2.24) is 4.90 Å². The van der Waals surface area contributed by atoms with Gasteiger partial charge >= 0.3 is 5.97 Å². The van der Waals surface area contributed by atoms with Crippen LogP contribution >= 0.6 is 23.2 Å². The highest BCUT2D eigenvalue weighted by Gasteiger charge is 2.23. The van der Waals surface area contributed by atoms with E-state index in [2.05, 4.69) is 0 Å². The summed E-state index contributed by atoms with van der Waals surface area (Å²) >= 11 is 11.9. The van der Waals surface area contributed by atoms with Crippen LogP contribution in [0.5, 0.6) is 0 Å². The third-order valence-electron chi connectivity index (χ3n) is 4.27. The van der Waals surface area contributed by atoms with E-state index in [1.165, 1.54) is 0 Å². The van der Waals surface area contributed by atoms with Gasteiger partial charge in [-0.25, -0.2) is 0 Å². The number of carbonyl (C=O) groups is 2. The maximum atomic E-state index is 12.2. The topological polar surface area (TPSA) is 57.6 Å². The van der Waals surface area contributed by atoms with Crippen LogP contribution in [0, 0.1) is 5.92 Å². The van der Waals surface area contributed by atoms with Crippen LogP contribution in [-0.4, -0.2) is 35.0 Å². The number of hydrogen-bond donors (Lipinski definition) is 1. The Morgan fingerprint density at radius 1 is 1.17 bits per heavy atom. The Bertz CT molecular complexity index is 569. The van der Waals surface area contributed by atoms with Gasteiger partial charge in [0.1, 0.15) is 0 Å². The minimum atomic E-state index is -0.753. The molecule has 0 aliphatic carbocycles. The molecule has 1 saturated heterocycles. The summed E-state index contributed by atoms with van der Waals surface area (Å²) < 4.78 is 0. The third-order valence-corrected chi connectivity index (χ3v) is 5.01. The number of carboxylic acids is 1. The van der Waals surface area contributed by atoms with Crippen molar-refractivity contribution in [2.75, 3.05) is 13.1 Å². The number of likely N-dealkylation sites (tertiary alicyclic amines) is 1. The van der Waals surface area contributed by atoms with Crippen molar-refractivity contribution in [3.8, 4) is 0 Å². The van der Waals surface area contributed by atoms with Gasteiger partial charge in [-0.2, -0.15) is 0 Å². The standard InChI is InChI=1S/C17H21Cl2NO3/c18-14-5-4-12(10-15(14)19)2-1-3-16(21)20-8-6-13(7-9-20)11-17(22)23/h4-5,10,13H,1-3,6-9,11H2,(H,22,23). The number of aryl methyl sites for hydroxylation is 1. The lowest BCUT2D eigenvalue weighted by atomic mass is 9.93. The third kappa shape index (κ3) is 5.70. The fraction of sp³-hybridized carbons (Fsp3) is 0.529. The van der Waals surface area contributed by atoms with E-state index in [-0.39, 0.29) is 18.2 Å². The number of benzene rings is 1. The zero-order chi connectivity index (χ0) is 16.8. The van der Waals surface area contributed by atoms with Crippen molar-refractivity contribution in [1.29, 1.82) is 0 Å². The van der Waals surface area contributed by atoms with Crippen molar-refractivity contribution < 1.29 is 14.7 Å². The zero-order valence-electron chi connectivity index (χ0n) is 12.9. The van der Waals surface area contributed by atoms with Crippen molar-refractivity contribution in [3.05, 3.63) is 33.8 Å². The van der Waals surface area contributed by atoms with Crippen molar-refractivity contribution >= 4 is 35.1 Å². The minimum Gasteiger partial charge on any atom is -0.481 e. The van der Waals surface area contributed by atoms with Gasteiger partial charge in [-0.1, -0.05) is 29.3 Å². The Morgan fingerprint density at radius 2 is 1.87 bits per heavy atom. The smallest absolute Gasteiger partial charge is 0.303 e. The highest BCUT2D eigenvalue weighted by Crippen LogP contribution is 2.24. The first kappa shape index (κ1) is 18.1. The number of nitrogens with zero attached hydrogens (tertiary/aromatic N) is 1. The normalized spacial score (nSPS) is 15.7. The molecule has 0 spiro atoms. The summed E-state index contributed by atoms with van der Waals surface area (Å²) in [5.74, 6) is -0.400. The number of hydrogen-bond acceptors (Lipinski definition) is 2. The predicted molar refractivity (Wildman–Crippen MR) is 91.0 cm³/mol. The molecule has 0 atom stereocenters. The summed E-state index contributed by atoms with van der Waals surface area (Å²) in [6.45, 7) is 1.34. The molecule has 1 heterocycles. The molecular weight excluding hydrogens is 337 g/mol. The molecule has 0 radical (unpaired) electrons. The van der Waals surface area contributed by atoms with E-state index >= 15 is 0 Å². The molecule has 2 rings (SSSR count). The number of aliphatic carboxylic acids is 1. The molecule has 0 aromatic heterocycles. The molecule has 1 aromatic carbocycles. The number of carboxylic acid groups (broad SMARTS) is 1. The SMILES string of the molecule is O=C(O)CC1CCN(C(=O)CCCc2ccc(Cl)c(Cl)c2)CC1.